The van der Waals surface area contributed by atoms with E-state index in [9.17, 15) is 18.7 Å². The highest BCUT2D eigenvalue weighted by atomic mass is 32.1. The van der Waals surface area contributed by atoms with Gasteiger partial charge in [0, 0.05) is 17.2 Å². The summed E-state index contributed by atoms with van der Waals surface area (Å²) in [5, 5.41) is 12.0. The highest BCUT2D eigenvalue weighted by molar-refractivity contribution is 7.52. The van der Waals surface area contributed by atoms with Gasteiger partial charge in [-0.25, -0.2) is 4.39 Å². The topological polar surface area (TPSA) is 89.8 Å². The van der Waals surface area contributed by atoms with Crippen molar-refractivity contribution in [2.75, 3.05) is 11.9 Å². The molecule has 1 atom stereocenters. The smallest absolute Gasteiger partial charge is 0.352 e. The number of rotatable bonds is 4. The minimum atomic E-state index is -4.34. The van der Waals surface area contributed by atoms with Gasteiger partial charge in [-0.3, -0.25) is 4.57 Å². The number of anilines is 1. The Hall–Kier alpha value is -1.24. The summed E-state index contributed by atoms with van der Waals surface area (Å²) >= 11 is 1.25. The molecule has 1 aromatic heterocycles. The van der Waals surface area contributed by atoms with Crippen molar-refractivity contribution >= 4 is 24.6 Å². The largest absolute Gasteiger partial charge is 0.397 e. The minimum Gasteiger partial charge on any atom is -0.397 e. The first kappa shape index (κ1) is 17.8. The van der Waals surface area contributed by atoms with Gasteiger partial charge in [0.05, 0.1) is 0 Å². The zero-order chi connectivity index (χ0) is 15.9. The van der Waals surface area contributed by atoms with E-state index in [1.807, 2.05) is 0 Å². The number of nitrogens with one attached hydrogen (secondary N) is 1. The van der Waals surface area contributed by atoms with Crippen LogP contribution in [0.3, 0.4) is 0 Å². The van der Waals surface area contributed by atoms with Gasteiger partial charge >= 0.3 is 7.60 Å². The van der Waals surface area contributed by atoms with Crippen molar-refractivity contribution in [1.29, 1.82) is 0 Å². The fourth-order valence-corrected chi connectivity index (χ4v) is 3.46. The molecule has 1 unspecified atom stereocenters. The quantitative estimate of drug-likeness (QED) is 0.645. The lowest BCUT2D eigenvalue weighted by molar-refractivity contribution is 0.318. The first-order chi connectivity index (χ1) is 9.88. The minimum absolute atomic E-state index is 0.250. The Morgan fingerprint density at radius 3 is 2.29 bits per heavy atom. The SMILES string of the molecule is CCO.O=P(O)(O)C(Nc1ccc(F)cc1)c1cccs1. The van der Waals surface area contributed by atoms with E-state index in [1.54, 1.807) is 24.4 Å². The van der Waals surface area contributed by atoms with Gasteiger partial charge in [0.25, 0.3) is 0 Å². The molecule has 1 aromatic carbocycles. The molecule has 1 heterocycles. The summed E-state index contributed by atoms with van der Waals surface area (Å²) in [4.78, 5) is 19.2. The number of hydrogen-bond donors (Lipinski definition) is 4. The molecule has 116 valence electrons. The monoisotopic (exact) mass is 333 g/mol. The van der Waals surface area contributed by atoms with Crippen molar-refractivity contribution in [2.24, 2.45) is 0 Å². The molecule has 21 heavy (non-hydrogen) atoms. The van der Waals surface area contributed by atoms with Gasteiger partial charge in [-0.1, -0.05) is 6.07 Å². The van der Waals surface area contributed by atoms with Gasteiger partial charge in [-0.05, 0) is 42.6 Å². The first-order valence-corrected chi connectivity index (χ1v) is 8.66. The maximum absolute atomic E-state index is 12.8. The molecule has 0 spiro atoms. The maximum Gasteiger partial charge on any atom is 0.352 e. The highest BCUT2D eigenvalue weighted by Crippen LogP contribution is 2.52. The van der Waals surface area contributed by atoms with E-state index in [2.05, 4.69) is 5.32 Å². The second kappa shape index (κ2) is 8.26. The van der Waals surface area contributed by atoms with Gasteiger partial charge in [0.1, 0.15) is 5.82 Å². The maximum atomic E-state index is 12.8. The van der Waals surface area contributed by atoms with Crippen LogP contribution in [0.1, 0.15) is 17.6 Å². The Morgan fingerprint density at radius 1 is 1.29 bits per heavy atom. The molecule has 8 heteroatoms. The lowest BCUT2D eigenvalue weighted by Crippen LogP contribution is -2.09. The van der Waals surface area contributed by atoms with E-state index in [4.69, 9.17) is 5.11 Å². The first-order valence-electron chi connectivity index (χ1n) is 6.10. The number of hydrogen-bond acceptors (Lipinski definition) is 4. The molecule has 2 rings (SSSR count). The number of halogens is 1. The molecule has 0 saturated heterocycles. The second-order valence-electron chi connectivity index (χ2n) is 3.97. The lowest BCUT2D eigenvalue weighted by atomic mass is 10.3. The molecular weight excluding hydrogens is 316 g/mol. The highest BCUT2D eigenvalue weighted by Gasteiger charge is 2.31. The van der Waals surface area contributed by atoms with Crippen LogP contribution in [-0.2, 0) is 4.57 Å². The molecule has 2 aromatic rings. The summed E-state index contributed by atoms with van der Waals surface area (Å²) < 4.78 is 24.2. The third-order valence-corrected chi connectivity index (χ3v) is 4.49. The van der Waals surface area contributed by atoms with Crippen LogP contribution in [0.2, 0.25) is 0 Å². The Labute approximate surface area is 126 Å². The fraction of sp³-hybridized carbons (Fsp3) is 0.231. The molecule has 0 fully saturated rings. The summed E-state index contributed by atoms with van der Waals surface area (Å²) in [6.45, 7) is 1.93. The molecule has 0 saturated carbocycles. The van der Waals surface area contributed by atoms with E-state index in [0.29, 0.717) is 10.6 Å². The van der Waals surface area contributed by atoms with Gasteiger partial charge in [-0.15, -0.1) is 11.3 Å². The van der Waals surface area contributed by atoms with Crippen molar-refractivity contribution in [2.45, 2.75) is 12.7 Å². The normalized spacial score (nSPS) is 12.2. The average molecular weight is 333 g/mol. The van der Waals surface area contributed by atoms with E-state index in [0.717, 1.165) is 0 Å². The van der Waals surface area contributed by atoms with Gasteiger partial charge in [-0.2, -0.15) is 0 Å². The van der Waals surface area contributed by atoms with Gasteiger partial charge in [0.15, 0.2) is 5.78 Å². The van der Waals surface area contributed by atoms with Gasteiger partial charge in [0.2, 0.25) is 0 Å². The van der Waals surface area contributed by atoms with Crippen molar-refractivity contribution in [3.63, 3.8) is 0 Å². The summed E-state index contributed by atoms with van der Waals surface area (Å²) in [5.41, 5.74) is 0.457. The van der Waals surface area contributed by atoms with Crippen LogP contribution in [0.5, 0.6) is 0 Å². The zero-order valence-electron chi connectivity index (χ0n) is 11.3. The molecule has 0 aliphatic rings. The number of thiophene rings is 1. The van der Waals surface area contributed by atoms with Gasteiger partial charge < -0.3 is 20.2 Å². The number of aliphatic hydroxyl groups excluding tert-OH is 1. The third-order valence-electron chi connectivity index (χ3n) is 2.30. The van der Waals surface area contributed by atoms with E-state index in [-0.39, 0.29) is 6.61 Å². The number of benzene rings is 1. The molecule has 0 aliphatic heterocycles. The Morgan fingerprint density at radius 2 is 1.86 bits per heavy atom. The fourth-order valence-electron chi connectivity index (χ4n) is 1.47. The van der Waals surface area contributed by atoms with Crippen LogP contribution in [-0.4, -0.2) is 21.5 Å². The van der Waals surface area contributed by atoms with Crippen LogP contribution >= 0.6 is 18.9 Å². The Bertz CT molecular complexity index is 570. The Kier molecular flexibility index (Phi) is 7.01. The third kappa shape index (κ3) is 5.95. The van der Waals surface area contributed by atoms with Crippen LogP contribution in [0.25, 0.3) is 0 Å². The molecule has 0 radical (unpaired) electrons. The molecule has 0 bridgehead atoms. The molecule has 0 amide bonds. The van der Waals surface area contributed by atoms with E-state index in [1.165, 1.54) is 35.6 Å². The lowest BCUT2D eigenvalue weighted by Gasteiger charge is -2.19. The molecule has 0 aliphatic carbocycles. The summed E-state index contributed by atoms with van der Waals surface area (Å²) in [6.07, 6.45) is 0. The van der Waals surface area contributed by atoms with Crippen molar-refractivity contribution < 1.29 is 23.8 Å². The number of aliphatic hydroxyl groups is 1. The molecule has 5 nitrogen and oxygen atoms in total. The second-order valence-corrected chi connectivity index (χ2v) is 6.65. The molecule has 4 N–H and O–H groups in total. The van der Waals surface area contributed by atoms with E-state index < -0.39 is 19.2 Å². The van der Waals surface area contributed by atoms with Crippen molar-refractivity contribution in [3.05, 3.63) is 52.5 Å². The summed E-state index contributed by atoms with van der Waals surface area (Å²) in [7, 11) is -4.34. The standard InChI is InChI=1S/C11H11FNO3PS.C2H6O/c12-8-3-5-9(6-4-8)13-11(17(14,15)16)10-2-1-7-18-10;1-2-3/h1-7,11,13H,(H2,14,15,16);3H,2H2,1H3. The van der Waals surface area contributed by atoms with Crippen LogP contribution in [0.15, 0.2) is 41.8 Å². The predicted molar refractivity (Wildman–Crippen MR) is 81.9 cm³/mol. The predicted octanol–water partition coefficient (Wildman–Crippen LogP) is 3.17. The van der Waals surface area contributed by atoms with Crippen molar-refractivity contribution in [1.82, 2.24) is 0 Å². The van der Waals surface area contributed by atoms with Crippen LogP contribution < -0.4 is 5.32 Å². The molecular formula is C13H17FNO4PS. The summed E-state index contributed by atoms with van der Waals surface area (Å²) in [6, 6.07) is 8.69. The Balaban J connectivity index is 0.000000677. The van der Waals surface area contributed by atoms with Crippen LogP contribution in [0, 0.1) is 5.82 Å². The van der Waals surface area contributed by atoms with E-state index >= 15 is 0 Å². The average Bonchev–Trinajstić information content (AvgIpc) is 2.91. The van der Waals surface area contributed by atoms with Crippen LogP contribution in [0.4, 0.5) is 10.1 Å². The van der Waals surface area contributed by atoms with Crippen molar-refractivity contribution in [3.8, 4) is 0 Å². The zero-order valence-corrected chi connectivity index (χ0v) is 13.0. The summed E-state index contributed by atoms with van der Waals surface area (Å²) in [5.74, 6) is -1.51.